The van der Waals surface area contributed by atoms with Crippen LogP contribution in [0.25, 0.3) is 0 Å². The first-order valence-electron chi connectivity index (χ1n) is 6.92. The number of carbonyl (C=O) groups excluding carboxylic acids is 1. The maximum absolute atomic E-state index is 11.9. The summed E-state index contributed by atoms with van der Waals surface area (Å²) in [5.41, 5.74) is 2.97. The van der Waals surface area contributed by atoms with Crippen LogP contribution in [0.2, 0.25) is 0 Å². The van der Waals surface area contributed by atoms with Crippen LogP contribution in [0.3, 0.4) is 0 Å². The zero-order valence-corrected chi connectivity index (χ0v) is 12.3. The highest BCUT2D eigenvalue weighted by Gasteiger charge is 2.03. The average Bonchev–Trinajstić information content (AvgIpc) is 2.47. The molecule has 0 aliphatic heterocycles. The minimum Gasteiger partial charge on any atom is -0.497 e. The van der Waals surface area contributed by atoms with Crippen molar-refractivity contribution in [2.45, 2.75) is 13.3 Å². The molecular weight excluding hydrogens is 264 g/mol. The fourth-order valence-electron chi connectivity index (χ4n) is 2.00. The predicted octanol–water partition coefficient (Wildman–Crippen LogP) is 3.44. The van der Waals surface area contributed by atoms with Gasteiger partial charge in [-0.1, -0.05) is 18.2 Å². The molecule has 0 unspecified atom stereocenters. The Balaban J connectivity index is 1.79. The second kappa shape index (κ2) is 7.33. The third-order valence-corrected chi connectivity index (χ3v) is 3.05. The molecular formula is C17H20N2O2. The largest absolute Gasteiger partial charge is 0.497 e. The van der Waals surface area contributed by atoms with Crippen LogP contribution in [-0.4, -0.2) is 19.6 Å². The number of hydrogen-bond acceptors (Lipinski definition) is 3. The predicted molar refractivity (Wildman–Crippen MR) is 85.9 cm³/mol. The fourth-order valence-corrected chi connectivity index (χ4v) is 2.00. The molecule has 0 aliphatic carbocycles. The average molecular weight is 284 g/mol. The van der Waals surface area contributed by atoms with Crippen molar-refractivity contribution >= 4 is 17.3 Å². The maximum atomic E-state index is 11.9. The van der Waals surface area contributed by atoms with Gasteiger partial charge in [-0.3, -0.25) is 4.79 Å². The zero-order valence-electron chi connectivity index (χ0n) is 12.3. The summed E-state index contributed by atoms with van der Waals surface area (Å²) >= 11 is 0. The summed E-state index contributed by atoms with van der Waals surface area (Å²) in [6.45, 7) is 2.64. The van der Waals surface area contributed by atoms with Crippen molar-refractivity contribution in [1.82, 2.24) is 0 Å². The Morgan fingerprint density at radius 3 is 2.62 bits per heavy atom. The van der Waals surface area contributed by atoms with Crippen molar-refractivity contribution in [1.29, 1.82) is 0 Å². The first-order chi connectivity index (χ1) is 10.2. The fraction of sp³-hybridized carbons (Fsp3) is 0.235. The van der Waals surface area contributed by atoms with E-state index in [-0.39, 0.29) is 5.91 Å². The number of rotatable bonds is 6. The Bertz CT molecular complexity index is 611. The first kappa shape index (κ1) is 14.9. The molecule has 0 saturated heterocycles. The van der Waals surface area contributed by atoms with Crippen molar-refractivity contribution < 1.29 is 9.53 Å². The van der Waals surface area contributed by atoms with E-state index >= 15 is 0 Å². The monoisotopic (exact) mass is 284 g/mol. The van der Waals surface area contributed by atoms with Gasteiger partial charge in [0.2, 0.25) is 5.91 Å². The summed E-state index contributed by atoms with van der Waals surface area (Å²) in [5, 5.41) is 6.09. The van der Waals surface area contributed by atoms with E-state index in [0.717, 1.165) is 17.1 Å². The molecule has 4 nitrogen and oxygen atoms in total. The van der Waals surface area contributed by atoms with Crippen molar-refractivity contribution in [3.8, 4) is 5.75 Å². The smallest absolute Gasteiger partial charge is 0.226 e. The van der Waals surface area contributed by atoms with E-state index in [4.69, 9.17) is 4.74 Å². The molecule has 4 heteroatoms. The summed E-state index contributed by atoms with van der Waals surface area (Å²) in [6.07, 6.45) is 0.408. The molecule has 2 aromatic carbocycles. The number of ether oxygens (including phenoxy) is 1. The third-order valence-electron chi connectivity index (χ3n) is 3.05. The number of amides is 1. The van der Waals surface area contributed by atoms with Gasteiger partial charge in [0.05, 0.1) is 7.11 Å². The Hall–Kier alpha value is -2.49. The molecule has 0 heterocycles. The third kappa shape index (κ3) is 4.84. The summed E-state index contributed by atoms with van der Waals surface area (Å²) in [4.78, 5) is 11.9. The van der Waals surface area contributed by atoms with E-state index in [1.54, 1.807) is 13.2 Å². The molecule has 0 saturated carbocycles. The minimum absolute atomic E-state index is 0.0246. The quantitative estimate of drug-likeness (QED) is 0.854. The van der Waals surface area contributed by atoms with Crippen molar-refractivity contribution in [2.24, 2.45) is 0 Å². The van der Waals surface area contributed by atoms with Gasteiger partial charge < -0.3 is 15.4 Å². The van der Waals surface area contributed by atoms with Crippen LogP contribution in [0, 0.1) is 6.92 Å². The van der Waals surface area contributed by atoms with E-state index < -0.39 is 0 Å². The standard InChI is InChI=1S/C17H20N2O2/c1-13-5-3-6-14(11-13)18-10-9-17(20)19-15-7-4-8-16(12-15)21-2/h3-8,11-12,18H,9-10H2,1-2H3,(H,19,20). The molecule has 0 radical (unpaired) electrons. The number of aryl methyl sites for hydroxylation is 1. The SMILES string of the molecule is COc1cccc(NC(=O)CCNc2cccc(C)c2)c1. The van der Waals surface area contributed by atoms with E-state index in [1.165, 1.54) is 5.56 Å². The Kier molecular flexibility index (Phi) is 5.21. The van der Waals surface area contributed by atoms with Gasteiger partial charge in [-0.25, -0.2) is 0 Å². The Labute approximate surface area is 125 Å². The highest BCUT2D eigenvalue weighted by molar-refractivity contribution is 5.91. The van der Waals surface area contributed by atoms with Crippen LogP contribution in [0.1, 0.15) is 12.0 Å². The van der Waals surface area contributed by atoms with E-state index in [0.29, 0.717) is 13.0 Å². The molecule has 110 valence electrons. The van der Waals surface area contributed by atoms with Crippen molar-refractivity contribution in [2.75, 3.05) is 24.3 Å². The van der Waals surface area contributed by atoms with Gasteiger partial charge in [0, 0.05) is 30.4 Å². The number of anilines is 2. The van der Waals surface area contributed by atoms with Crippen LogP contribution in [0.4, 0.5) is 11.4 Å². The molecule has 1 amide bonds. The lowest BCUT2D eigenvalue weighted by Crippen LogP contribution is -2.16. The molecule has 0 aliphatic rings. The molecule has 0 bridgehead atoms. The van der Waals surface area contributed by atoms with Gasteiger partial charge >= 0.3 is 0 Å². The molecule has 0 aromatic heterocycles. The molecule has 2 rings (SSSR count). The first-order valence-corrected chi connectivity index (χ1v) is 6.92. The summed E-state index contributed by atoms with van der Waals surface area (Å²) < 4.78 is 5.12. The van der Waals surface area contributed by atoms with Gasteiger partial charge in [-0.15, -0.1) is 0 Å². The highest BCUT2D eigenvalue weighted by atomic mass is 16.5. The van der Waals surface area contributed by atoms with Crippen LogP contribution >= 0.6 is 0 Å². The van der Waals surface area contributed by atoms with Crippen LogP contribution in [0.5, 0.6) is 5.75 Å². The minimum atomic E-state index is -0.0246. The van der Waals surface area contributed by atoms with Crippen LogP contribution < -0.4 is 15.4 Å². The van der Waals surface area contributed by atoms with Crippen LogP contribution in [-0.2, 0) is 4.79 Å². The molecule has 21 heavy (non-hydrogen) atoms. The Morgan fingerprint density at radius 1 is 1.10 bits per heavy atom. The number of benzene rings is 2. The lowest BCUT2D eigenvalue weighted by atomic mass is 10.2. The van der Waals surface area contributed by atoms with Gasteiger partial charge in [-0.05, 0) is 36.8 Å². The van der Waals surface area contributed by atoms with Gasteiger partial charge in [-0.2, -0.15) is 0 Å². The topological polar surface area (TPSA) is 50.4 Å². The van der Waals surface area contributed by atoms with Gasteiger partial charge in [0.25, 0.3) is 0 Å². The number of carbonyl (C=O) groups is 1. The Morgan fingerprint density at radius 2 is 1.86 bits per heavy atom. The number of methoxy groups -OCH3 is 1. The van der Waals surface area contributed by atoms with Gasteiger partial charge in [0.1, 0.15) is 5.75 Å². The van der Waals surface area contributed by atoms with E-state index in [2.05, 4.69) is 16.7 Å². The summed E-state index contributed by atoms with van der Waals surface area (Å²) in [7, 11) is 1.60. The normalized spacial score (nSPS) is 10.0. The highest BCUT2D eigenvalue weighted by Crippen LogP contribution is 2.16. The second-order valence-corrected chi connectivity index (χ2v) is 4.83. The van der Waals surface area contributed by atoms with Gasteiger partial charge in [0.15, 0.2) is 0 Å². The molecule has 2 aromatic rings. The van der Waals surface area contributed by atoms with E-state index in [9.17, 15) is 4.79 Å². The lowest BCUT2D eigenvalue weighted by Gasteiger charge is -2.09. The second-order valence-electron chi connectivity index (χ2n) is 4.83. The van der Waals surface area contributed by atoms with E-state index in [1.807, 2.05) is 43.3 Å². The summed E-state index contributed by atoms with van der Waals surface area (Å²) in [6, 6.07) is 15.4. The maximum Gasteiger partial charge on any atom is 0.226 e. The number of nitrogens with one attached hydrogen (secondary N) is 2. The summed E-state index contributed by atoms with van der Waals surface area (Å²) in [5.74, 6) is 0.703. The molecule has 2 N–H and O–H groups in total. The lowest BCUT2D eigenvalue weighted by molar-refractivity contribution is -0.115. The molecule has 0 atom stereocenters. The van der Waals surface area contributed by atoms with Crippen LogP contribution in [0.15, 0.2) is 48.5 Å². The zero-order chi connectivity index (χ0) is 15.1. The molecule has 0 spiro atoms. The molecule has 0 fully saturated rings. The van der Waals surface area contributed by atoms with Crippen molar-refractivity contribution in [3.63, 3.8) is 0 Å². The van der Waals surface area contributed by atoms with Crippen molar-refractivity contribution in [3.05, 3.63) is 54.1 Å². The number of hydrogen-bond donors (Lipinski definition) is 2.